The number of ether oxygens (including phenoxy) is 2. The molecule has 2 aliphatic heterocycles. The summed E-state index contributed by atoms with van der Waals surface area (Å²) in [5, 5.41) is 3.97. The van der Waals surface area contributed by atoms with E-state index in [1.807, 2.05) is 0 Å². The van der Waals surface area contributed by atoms with Crippen LogP contribution in [0.4, 0.5) is 4.79 Å². The van der Waals surface area contributed by atoms with E-state index in [4.69, 9.17) is 9.47 Å². The molecule has 1 fully saturated rings. The molecule has 12 heteroatoms. The Morgan fingerprint density at radius 1 is 1.08 bits per heavy atom. The Balaban J connectivity index is 1.84. The second kappa shape index (κ2) is 10.5. The highest BCUT2D eigenvalue weighted by molar-refractivity contribution is 7.92. The van der Waals surface area contributed by atoms with Crippen LogP contribution in [-0.2, 0) is 39.8 Å². The molecule has 3 unspecified atom stereocenters. The lowest BCUT2D eigenvalue weighted by molar-refractivity contribution is -0.159. The van der Waals surface area contributed by atoms with E-state index in [9.17, 15) is 28.5 Å². The first kappa shape index (κ1) is 28.2. The summed E-state index contributed by atoms with van der Waals surface area (Å²) in [5.41, 5.74) is -1.68. The Labute approximate surface area is 218 Å². The molecule has 0 spiro atoms. The molecule has 1 aromatic carbocycles. The predicted molar refractivity (Wildman–Crippen MR) is 133 cm³/mol. The largest absolute Gasteiger partial charge is 0.614 e. The van der Waals surface area contributed by atoms with Gasteiger partial charge in [0.2, 0.25) is 11.3 Å². The van der Waals surface area contributed by atoms with Crippen LogP contribution in [0.5, 0.6) is 0 Å². The van der Waals surface area contributed by atoms with Gasteiger partial charge in [0.15, 0.2) is 12.3 Å². The summed E-state index contributed by atoms with van der Waals surface area (Å²) < 4.78 is 23.5. The highest BCUT2D eigenvalue weighted by Gasteiger charge is 2.61. The molecular formula is C25H31N3O8S. The first-order chi connectivity index (χ1) is 17.1. The van der Waals surface area contributed by atoms with E-state index in [1.165, 1.54) is 0 Å². The molecule has 2 heterocycles. The maximum absolute atomic E-state index is 13.3. The second-order valence-electron chi connectivity index (χ2n) is 10.6. The lowest BCUT2D eigenvalue weighted by atomic mass is 10.0. The standard InChI is InChI=1S/C25H31N3O8S/c1-24(2,3)35-22(32)18-15(12-29)13-37(34)21-17(20(31)28(18)21)26-19(30)16(14-10-8-7-9-11-14)27-23(33)36-25(4,5)6/h7-12,16-17,21H,13H2,1-6H3,(H,26,30)(H,27,33)/t16?,17?,21-,37?/m0/s1. The molecule has 0 aromatic heterocycles. The van der Waals surface area contributed by atoms with Crippen molar-refractivity contribution < 1.29 is 38.0 Å². The molecule has 200 valence electrons. The molecule has 3 rings (SSSR count). The highest BCUT2D eigenvalue weighted by Crippen LogP contribution is 2.37. The number of benzene rings is 1. The number of amides is 3. The van der Waals surface area contributed by atoms with E-state index in [0.29, 0.717) is 11.8 Å². The molecule has 1 aromatic rings. The number of carbonyl (C=O) groups excluding carboxylic acids is 5. The summed E-state index contributed by atoms with van der Waals surface area (Å²) in [6.45, 7) is 9.92. The normalized spacial score (nSPS) is 22.3. The number of rotatable bonds is 6. The fraction of sp³-hybridized carbons (Fsp3) is 0.480. The van der Waals surface area contributed by atoms with Crippen molar-refractivity contribution in [2.75, 3.05) is 5.75 Å². The first-order valence-electron chi connectivity index (χ1n) is 11.6. The maximum Gasteiger partial charge on any atom is 0.408 e. The van der Waals surface area contributed by atoms with Crippen molar-refractivity contribution in [3.8, 4) is 0 Å². The zero-order valence-electron chi connectivity index (χ0n) is 21.5. The van der Waals surface area contributed by atoms with E-state index in [-0.39, 0.29) is 17.0 Å². The number of aldehydes is 1. The van der Waals surface area contributed by atoms with E-state index >= 15 is 0 Å². The van der Waals surface area contributed by atoms with Gasteiger partial charge in [0.1, 0.15) is 28.7 Å². The van der Waals surface area contributed by atoms with Crippen LogP contribution in [0.15, 0.2) is 41.6 Å². The predicted octanol–water partition coefficient (Wildman–Crippen LogP) is 1.46. The number of hydrogen-bond acceptors (Lipinski definition) is 8. The molecule has 11 nitrogen and oxygen atoms in total. The first-order valence-corrected chi connectivity index (χ1v) is 13.0. The zero-order valence-corrected chi connectivity index (χ0v) is 22.3. The Hall–Kier alpha value is -3.38. The van der Waals surface area contributed by atoms with E-state index < -0.39 is 63.7 Å². The van der Waals surface area contributed by atoms with E-state index in [0.717, 1.165) is 4.90 Å². The third-order valence-electron chi connectivity index (χ3n) is 5.24. The third kappa shape index (κ3) is 6.50. The SMILES string of the molecule is CC(C)(C)OC(=O)NC(C(=O)NC1C(=O)N2C(C(=O)OC(C)(C)C)=C(C=O)C[S+]([O-])[C@@H]12)c1ccccc1. The average Bonchev–Trinajstić information content (AvgIpc) is 2.78. The number of nitrogens with one attached hydrogen (secondary N) is 2. The fourth-order valence-electron chi connectivity index (χ4n) is 3.82. The van der Waals surface area contributed by atoms with Gasteiger partial charge in [0.05, 0.1) is 5.57 Å². The van der Waals surface area contributed by atoms with Crippen molar-refractivity contribution in [1.82, 2.24) is 15.5 Å². The quantitative estimate of drug-likeness (QED) is 0.241. The van der Waals surface area contributed by atoms with Gasteiger partial charge in [-0.1, -0.05) is 30.3 Å². The van der Waals surface area contributed by atoms with Gasteiger partial charge < -0.3 is 24.7 Å². The van der Waals surface area contributed by atoms with E-state index in [2.05, 4.69) is 10.6 Å². The van der Waals surface area contributed by atoms with Crippen LogP contribution in [0.3, 0.4) is 0 Å². The van der Waals surface area contributed by atoms with Crippen LogP contribution >= 0.6 is 0 Å². The van der Waals surface area contributed by atoms with Crippen molar-refractivity contribution in [3.63, 3.8) is 0 Å². The van der Waals surface area contributed by atoms with Gasteiger partial charge in [-0.05, 0) is 58.3 Å². The Kier molecular flexibility index (Phi) is 8.03. The molecule has 37 heavy (non-hydrogen) atoms. The van der Waals surface area contributed by atoms with E-state index in [1.54, 1.807) is 71.9 Å². The van der Waals surface area contributed by atoms with Crippen LogP contribution in [-0.4, -0.2) is 68.0 Å². The highest BCUT2D eigenvalue weighted by atomic mass is 32.2. The van der Waals surface area contributed by atoms with Gasteiger partial charge in [0, 0.05) is 0 Å². The lowest BCUT2D eigenvalue weighted by Crippen LogP contribution is -2.75. The van der Waals surface area contributed by atoms with Crippen LogP contribution in [0, 0.1) is 0 Å². The molecule has 0 saturated carbocycles. The summed E-state index contributed by atoms with van der Waals surface area (Å²) in [7, 11) is 0. The smallest absolute Gasteiger partial charge is 0.408 e. The van der Waals surface area contributed by atoms with Crippen LogP contribution < -0.4 is 10.6 Å². The fourth-order valence-corrected chi connectivity index (χ4v) is 5.43. The van der Waals surface area contributed by atoms with Crippen molar-refractivity contribution in [2.45, 2.75) is 70.2 Å². The zero-order chi connectivity index (χ0) is 27.7. The van der Waals surface area contributed by atoms with Crippen molar-refractivity contribution in [2.24, 2.45) is 0 Å². The van der Waals surface area contributed by atoms with Crippen LogP contribution in [0.25, 0.3) is 0 Å². The minimum atomic E-state index is -1.79. The number of alkyl carbamates (subject to hydrolysis) is 1. The van der Waals surface area contributed by atoms with Gasteiger partial charge in [-0.2, -0.15) is 0 Å². The number of fused-ring (bicyclic) bond motifs is 1. The van der Waals surface area contributed by atoms with Gasteiger partial charge in [-0.25, -0.2) is 9.59 Å². The lowest BCUT2D eigenvalue weighted by Gasteiger charge is -2.49. The van der Waals surface area contributed by atoms with Gasteiger partial charge in [-0.15, -0.1) is 0 Å². The number of hydrogen-bond donors (Lipinski definition) is 2. The number of esters is 1. The minimum absolute atomic E-state index is 0.115. The summed E-state index contributed by atoms with van der Waals surface area (Å²) in [6.07, 6.45) is -0.465. The topological polar surface area (TPSA) is 154 Å². The molecule has 0 bridgehead atoms. The third-order valence-corrected chi connectivity index (χ3v) is 6.86. The van der Waals surface area contributed by atoms with Crippen LogP contribution in [0.2, 0.25) is 0 Å². The number of carbonyl (C=O) groups is 5. The summed E-state index contributed by atoms with van der Waals surface area (Å²) in [5.74, 6) is -2.65. The van der Waals surface area contributed by atoms with Crippen molar-refractivity contribution >= 4 is 41.3 Å². The van der Waals surface area contributed by atoms with Gasteiger partial charge in [-0.3, -0.25) is 19.3 Å². The van der Waals surface area contributed by atoms with Crippen LogP contribution in [0.1, 0.15) is 53.1 Å². The Morgan fingerprint density at radius 2 is 1.68 bits per heavy atom. The monoisotopic (exact) mass is 533 g/mol. The van der Waals surface area contributed by atoms with Gasteiger partial charge >= 0.3 is 12.1 Å². The second-order valence-corrected chi connectivity index (χ2v) is 12.1. The molecule has 2 aliphatic rings. The molecule has 0 radical (unpaired) electrons. The number of β-lactam (4-membered cyclic amide) rings is 1. The Bertz CT molecular complexity index is 1120. The molecule has 3 amide bonds. The molecular weight excluding hydrogens is 502 g/mol. The average molecular weight is 534 g/mol. The molecule has 0 aliphatic carbocycles. The molecule has 4 atom stereocenters. The molecule has 2 N–H and O–H groups in total. The van der Waals surface area contributed by atoms with Crippen molar-refractivity contribution in [3.05, 3.63) is 47.2 Å². The summed E-state index contributed by atoms with van der Waals surface area (Å²) in [6, 6.07) is 5.87. The Morgan fingerprint density at radius 3 is 2.22 bits per heavy atom. The summed E-state index contributed by atoms with van der Waals surface area (Å²) >= 11 is -1.79. The van der Waals surface area contributed by atoms with Crippen molar-refractivity contribution in [1.29, 1.82) is 0 Å². The number of nitrogens with zero attached hydrogens (tertiary/aromatic N) is 1. The van der Waals surface area contributed by atoms with Gasteiger partial charge in [0.25, 0.3) is 5.91 Å². The maximum atomic E-state index is 13.3. The molecule has 1 saturated heterocycles. The summed E-state index contributed by atoms with van der Waals surface area (Å²) in [4.78, 5) is 64.2. The minimum Gasteiger partial charge on any atom is -0.614 e.